The van der Waals surface area contributed by atoms with Crippen molar-refractivity contribution in [1.82, 2.24) is 10.6 Å². The lowest BCUT2D eigenvalue weighted by atomic mass is 9.81. The van der Waals surface area contributed by atoms with Crippen molar-refractivity contribution >= 4 is 11.8 Å². The summed E-state index contributed by atoms with van der Waals surface area (Å²) in [5.41, 5.74) is 5.64. The van der Waals surface area contributed by atoms with E-state index in [9.17, 15) is 9.59 Å². The van der Waals surface area contributed by atoms with E-state index in [1.807, 2.05) is 0 Å². The fraction of sp³-hybridized carbons (Fsp3) is 0.857. The van der Waals surface area contributed by atoms with Crippen LogP contribution < -0.4 is 16.4 Å². The molecule has 0 aliphatic heterocycles. The molecule has 0 aromatic heterocycles. The Kier molecular flexibility index (Phi) is 5.19. The van der Waals surface area contributed by atoms with Gasteiger partial charge in [-0.1, -0.05) is 0 Å². The van der Waals surface area contributed by atoms with Crippen LogP contribution >= 0.6 is 0 Å². The van der Waals surface area contributed by atoms with E-state index in [1.54, 1.807) is 0 Å². The molecule has 0 atom stereocenters. The zero-order valence-electron chi connectivity index (χ0n) is 11.5. The Balaban J connectivity index is 1.57. The van der Waals surface area contributed by atoms with Gasteiger partial charge in [0.15, 0.2) is 0 Å². The fourth-order valence-electron chi connectivity index (χ4n) is 2.63. The Morgan fingerprint density at radius 1 is 1.05 bits per heavy atom. The first kappa shape index (κ1) is 14.3. The molecule has 2 saturated carbocycles. The molecule has 0 heterocycles. The Labute approximate surface area is 114 Å². The molecule has 19 heavy (non-hydrogen) atoms. The van der Waals surface area contributed by atoms with Gasteiger partial charge >= 0.3 is 0 Å². The van der Waals surface area contributed by atoms with Gasteiger partial charge < -0.3 is 16.4 Å². The van der Waals surface area contributed by atoms with Gasteiger partial charge in [-0.05, 0) is 51.0 Å². The van der Waals surface area contributed by atoms with E-state index in [0.717, 1.165) is 45.1 Å². The molecule has 0 aromatic rings. The van der Waals surface area contributed by atoms with Crippen LogP contribution in [0.25, 0.3) is 0 Å². The molecule has 0 aromatic carbocycles. The highest BCUT2D eigenvalue weighted by molar-refractivity contribution is 5.80. The van der Waals surface area contributed by atoms with Crippen molar-refractivity contribution in [2.75, 3.05) is 13.1 Å². The van der Waals surface area contributed by atoms with Crippen molar-refractivity contribution in [2.24, 2.45) is 17.6 Å². The van der Waals surface area contributed by atoms with Crippen LogP contribution in [0.5, 0.6) is 0 Å². The maximum Gasteiger partial charge on any atom is 0.223 e. The van der Waals surface area contributed by atoms with Crippen molar-refractivity contribution in [1.29, 1.82) is 0 Å². The predicted molar refractivity (Wildman–Crippen MR) is 73.3 cm³/mol. The number of carbonyl (C=O) groups excluding carboxylic acids is 2. The lowest BCUT2D eigenvalue weighted by molar-refractivity contribution is -0.126. The molecular weight excluding hydrogens is 242 g/mol. The van der Waals surface area contributed by atoms with Crippen molar-refractivity contribution < 1.29 is 9.59 Å². The van der Waals surface area contributed by atoms with Crippen molar-refractivity contribution in [3.05, 3.63) is 0 Å². The van der Waals surface area contributed by atoms with Crippen LogP contribution in [-0.4, -0.2) is 30.9 Å². The third kappa shape index (κ3) is 4.82. The first-order chi connectivity index (χ1) is 9.19. The monoisotopic (exact) mass is 267 g/mol. The first-order valence-electron chi connectivity index (χ1n) is 7.46. The lowest BCUT2D eigenvalue weighted by Gasteiger charge is -2.26. The summed E-state index contributed by atoms with van der Waals surface area (Å²) in [7, 11) is 0. The maximum atomic E-state index is 11.9. The van der Waals surface area contributed by atoms with Crippen molar-refractivity contribution in [3.8, 4) is 0 Å². The van der Waals surface area contributed by atoms with Crippen molar-refractivity contribution in [3.63, 3.8) is 0 Å². The van der Waals surface area contributed by atoms with Gasteiger partial charge in [0, 0.05) is 24.9 Å². The van der Waals surface area contributed by atoms with Crippen LogP contribution in [0, 0.1) is 11.8 Å². The molecule has 2 aliphatic carbocycles. The Bertz CT molecular complexity index is 321. The molecule has 0 radical (unpaired) electrons. The van der Waals surface area contributed by atoms with Gasteiger partial charge in [-0.2, -0.15) is 0 Å². The number of carbonyl (C=O) groups is 2. The molecule has 5 heteroatoms. The van der Waals surface area contributed by atoms with E-state index in [0.29, 0.717) is 24.9 Å². The number of nitrogens with two attached hydrogens (primary N) is 1. The average molecular weight is 267 g/mol. The van der Waals surface area contributed by atoms with Gasteiger partial charge in [0.2, 0.25) is 11.8 Å². The summed E-state index contributed by atoms with van der Waals surface area (Å²) >= 11 is 0. The highest BCUT2D eigenvalue weighted by atomic mass is 16.2. The molecule has 108 valence electrons. The second-order valence-electron chi connectivity index (χ2n) is 5.84. The molecule has 2 rings (SSSR count). The molecule has 0 bridgehead atoms. The minimum absolute atomic E-state index is 0.0506. The van der Waals surface area contributed by atoms with E-state index < -0.39 is 0 Å². The van der Waals surface area contributed by atoms with Gasteiger partial charge in [0.05, 0.1) is 0 Å². The predicted octanol–water partition coefficient (Wildman–Crippen LogP) is 0.536. The highest BCUT2D eigenvalue weighted by Gasteiger charge is 2.26. The van der Waals surface area contributed by atoms with E-state index >= 15 is 0 Å². The SMILES string of the molecule is NCC1CCC(C(=O)NCCC(=O)NC2CC2)CC1. The third-order valence-corrected chi connectivity index (χ3v) is 4.14. The normalized spacial score (nSPS) is 26.8. The first-order valence-corrected chi connectivity index (χ1v) is 7.46. The van der Waals surface area contributed by atoms with Crippen LogP contribution in [0.4, 0.5) is 0 Å². The van der Waals surface area contributed by atoms with Gasteiger partial charge in [-0.15, -0.1) is 0 Å². The number of hydrogen-bond acceptors (Lipinski definition) is 3. The summed E-state index contributed by atoms with van der Waals surface area (Å²) in [5, 5.41) is 5.80. The Morgan fingerprint density at radius 2 is 1.74 bits per heavy atom. The molecule has 0 saturated heterocycles. The smallest absolute Gasteiger partial charge is 0.223 e. The number of hydrogen-bond donors (Lipinski definition) is 3. The molecule has 2 amide bonds. The molecule has 4 N–H and O–H groups in total. The molecule has 5 nitrogen and oxygen atoms in total. The molecule has 0 unspecified atom stereocenters. The van der Waals surface area contributed by atoms with Gasteiger partial charge in [-0.25, -0.2) is 0 Å². The minimum atomic E-state index is 0.0506. The van der Waals surface area contributed by atoms with Crippen LogP contribution in [0.2, 0.25) is 0 Å². The Morgan fingerprint density at radius 3 is 2.32 bits per heavy atom. The molecule has 0 spiro atoms. The largest absolute Gasteiger partial charge is 0.355 e. The fourth-order valence-corrected chi connectivity index (χ4v) is 2.63. The van der Waals surface area contributed by atoms with Gasteiger partial charge in [-0.3, -0.25) is 9.59 Å². The van der Waals surface area contributed by atoms with Gasteiger partial charge in [0.25, 0.3) is 0 Å². The van der Waals surface area contributed by atoms with Gasteiger partial charge in [0.1, 0.15) is 0 Å². The number of nitrogens with one attached hydrogen (secondary N) is 2. The Hall–Kier alpha value is -1.10. The average Bonchev–Trinajstić information content (AvgIpc) is 3.22. The summed E-state index contributed by atoms with van der Waals surface area (Å²) in [6.45, 7) is 1.18. The lowest BCUT2D eigenvalue weighted by Crippen LogP contribution is -2.36. The van der Waals surface area contributed by atoms with E-state index in [2.05, 4.69) is 10.6 Å². The standard InChI is InChI=1S/C14H25N3O2/c15-9-10-1-3-11(4-2-10)14(19)16-8-7-13(18)17-12-5-6-12/h10-12H,1-9,15H2,(H,16,19)(H,17,18). The summed E-state index contributed by atoms with van der Waals surface area (Å²) in [6.07, 6.45) is 6.56. The molecular formula is C14H25N3O2. The molecule has 2 aliphatic rings. The van der Waals surface area contributed by atoms with Crippen LogP contribution in [0.3, 0.4) is 0 Å². The second-order valence-corrected chi connectivity index (χ2v) is 5.84. The van der Waals surface area contributed by atoms with E-state index in [4.69, 9.17) is 5.73 Å². The van der Waals surface area contributed by atoms with Crippen LogP contribution in [0.15, 0.2) is 0 Å². The van der Waals surface area contributed by atoms with Crippen LogP contribution in [0.1, 0.15) is 44.9 Å². The maximum absolute atomic E-state index is 11.9. The second kappa shape index (κ2) is 6.89. The topological polar surface area (TPSA) is 84.2 Å². The number of amides is 2. The third-order valence-electron chi connectivity index (χ3n) is 4.14. The molecule has 2 fully saturated rings. The summed E-state index contributed by atoms with van der Waals surface area (Å²) in [4.78, 5) is 23.4. The zero-order valence-corrected chi connectivity index (χ0v) is 11.5. The summed E-state index contributed by atoms with van der Waals surface area (Å²) in [6, 6.07) is 0.398. The van der Waals surface area contributed by atoms with Crippen LogP contribution in [-0.2, 0) is 9.59 Å². The zero-order chi connectivity index (χ0) is 13.7. The van der Waals surface area contributed by atoms with E-state index in [-0.39, 0.29) is 17.7 Å². The quantitative estimate of drug-likeness (QED) is 0.656. The highest BCUT2D eigenvalue weighted by Crippen LogP contribution is 2.28. The summed E-state index contributed by atoms with van der Waals surface area (Å²) < 4.78 is 0. The minimum Gasteiger partial charge on any atom is -0.355 e. The van der Waals surface area contributed by atoms with E-state index in [1.165, 1.54) is 0 Å². The summed E-state index contributed by atoms with van der Waals surface area (Å²) in [5.74, 6) is 0.868. The van der Waals surface area contributed by atoms with Crippen molar-refractivity contribution in [2.45, 2.75) is 51.0 Å². The number of rotatable bonds is 6.